The number of nitrogens with two attached hydrogens (primary N) is 1. The third kappa shape index (κ3) is 3.44. The first-order valence-corrected chi connectivity index (χ1v) is 7.64. The average Bonchev–Trinajstić information content (AvgIpc) is 3.07. The second-order valence-electron chi connectivity index (χ2n) is 3.92. The molecule has 1 amide bonds. The Morgan fingerprint density at radius 2 is 2.32 bits per heavy atom. The fraction of sp³-hybridized carbons (Fsp3) is 0.214. The molecular weight excluding hydrogens is 276 g/mol. The first-order chi connectivity index (χ1) is 9.22. The van der Waals surface area contributed by atoms with E-state index in [1.807, 2.05) is 35.2 Å². The molecule has 2 aromatic rings. The van der Waals surface area contributed by atoms with Crippen molar-refractivity contribution in [2.75, 3.05) is 6.54 Å². The standard InChI is InChI=1S/C14H14N2OS2/c1-10(12-4-7-18-9-12)16-14(17)13-11(3-2-6-15)5-8-19-13/h4-5,7-10H,6,15H2,1H3,(H,16,17). The van der Waals surface area contributed by atoms with Crippen molar-refractivity contribution in [3.05, 3.63) is 44.3 Å². The summed E-state index contributed by atoms with van der Waals surface area (Å²) in [6, 6.07) is 3.85. The van der Waals surface area contributed by atoms with E-state index in [9.17, 15) is 4.79 Å². The predicted octanol–water partition coefficient (Wildman–Crippen LogP) is 2.61. The summed E-state index contributed by atoms with van der Waals surface area (Å²) in [4.78, 5) is 12.8. The minimum absolute atomic E-state index is 0.00355. The van der Waals surface area contributed by atoms with Gasteiger partial charge in [0, 0.05) is 5.56 Å². The molecule has 0 spiro atoms. The van der Waals surface area contributed by atoms with Crippen LogP contribution in [0.4, 0.5) is 0 Å². The van der Waals surface area contributed by atoms with Crippen molar-refractivity contribution in [3.63, 3.8) is 0 Å². The van der Waals surface area contributed by atoms with Crippen LogP contribution in [-0.2, 0) is 0 Å². The third-order valence-electron chi connectivity index (χ3n) is 2.59. The zero-order valence-corrected chi connectivity index (χ0v) is 12.1. The van der Waals surface area contributed by atoms with Gasteiger partial charge in [0.25, 0.3) is 5.91 Å². The number of carbonyl (C=O) groups is 1. The van der Waals surface area contributed by atoms with Crippen molar-refractivity contribution in [1.82, 2.24) is 5.32 Å². The lowest BCUT2D eigenvalue weighted by Gasteiger charge is -2.11. The quantitative estimate of drug-likeness (QED) is 0.854. The molecule has 19 heavy (non-hydrogen) atoms. The fourth-order valence-electron chi connectivity index (χ4n) is 1.60. The Morgan fingerprint density at radius 1 is 1.47 bits per heavy atom. The zero-order valence-electron chi connectivity index (χ0n) is 10.5. The Kier molecular flexibility index (Phi) is 4.74. The molecule has 0 saturated heterocycles. The van der Waals surface area contributed by atoms with Crippen LogP contribution in [-0.4, -0.2) is 12.5 Å². The molecule has 1 unspecified atom stereocenters. The maximum absolute atomic E-state index is 12.2. The molecule has 3 N–H and O–H groups in total. The van der Waals surface area contributed by atoms with Crippen molar-refractivity contribution >= 4 is 28.6 Å². The van der Waals surface area contributed by atoms with Gasteiger partial charge in [0.15, 0.2) is 0 Å². The molecule has 1 atom stereocenters. The van der Waals surface area contributed by atoms with Crippen LogP contribution in [0, 0.1) is 11.8 Å². The number of amides is 1. The minimum Gasteiger partial charge on any atom is -0.345 e. The lowest BCUT2D eigenvalue weighted by molar-refractivity contribution is 0.0944. The molecule has 0 aliphatic carbocycles. The second-order valence-corrected chi connectivity index (χ2v) is 5.62. The van der Waals surface area contributed by atoms with Gasteiger partial charge < -0.3 is 11.1 Å². The molecule has 0 bridgehead atoms. The van der Waals surface area contributed by atoms with E-state index in [2.05, 4.69) is 17.2 Å². The zero-order chi connectivity index (χ0) is 13.7. The van der Waals surface area contributed by atoms with Crippen molar-refractivity contribution in [1.29, 1.82) is 0 Å². The van der Waals surface area contributed by atoms with Gasteiger partial charge in [-0.05, 0) is 40.8 Å². The molecule has 2 heterocycles. The van der Waals surface area contributed by atoms with E-state index >= 15 is 0 Å². The number of rotatable bonds is 3. The molecule has 0 aliphatic heterocycles. The first kappa shape index (κ1) is 13.8. The van der Waals surface area contributed by atoms with Crippen LogP contribution in [0.1, 0.15) is 33.8 Å². The summed E-state index contributed by atoms with van der Waals surface area (Å²) in [5.74, 6) is 5.60. The van der Waals surface area contributed by atoms with Crippen LogP contribution in [0.25, 0.3) is 0 Å². The van der Waals surface area contributed by atoms with E-state index in [0.29, 0.717) is 11.4 Å². The Morgan fingerprint density at radius 3 is 3.00 bits per heavy atom. The second kappa shape index (κ2) is 6.53. The van der Waals surface area contributed by atoms with Gasteiger partial charge in [-0.3, -0.25) is 4.79 Å². The highest BCUT2D eigenvalue weighted by Gasteiger charge is 2.15. The number of nitrogens with one attached hydrogen (secondary N) is 1. The average molecular weight is 290 g/mol. The van der Waals surface area contributed by atoms with Gasteiger partial charge in [0.2, 0.25) is 0 Å². The molecular formula is C14H14N2OS2. The summed E-state index contributed by atoms with van der Waals surface area (Å²) >= 11 is 3.02. The van der Waals surface area contributed by atoms with E-state index in [4.69, 9.17) is 5.73 Å². The highest BCUT2D eigenvalue weighted by atomic mass is 32.1. The van der Waals surface area contributed by atoms with Crippen molar-refractivity contribution in [3.8, 4) is 11.8 Å². The van der Waals surface area contributed by atoms with E-state index in [1.54, 1.807) is 11.3 Å². The molecule has 2 rings (SSSR count). The van der Waals surface area contributed by atoms with Crippen molar-refractivity contribution in [2.24, 2.45) is 5.73 Å². The minimum atomic E-state index is -0.0879. The van der Waals surface area contributed by atoms with E-state index < -0.39 is 0 Å². The summed E-state index contributed by atoms with van der Waals surface area (Å²) < 4.78 is 0. The summed E-state index contributed by atoms with van der Waals surface area (Å²) in [5, 5.41) is 8.88. The Hall–Kier alpha value is -1.61. The molecule has 0 aliphatic rings. The Bertz CT molecular complexity index is 605. The molecule has 0 saturated carbocycles. The third-order valence-corrected chi connectivity index (χ3v) is 4.20. The SMILES string of the molecule is CC(NC(=O)c1sccc1C#CCN)c1ccsc1. The van der Waals surface area contributed by atoms with Crippen LogP contribution in [0.2, 0.25) is 0 Å². The topological polar surface area (TPSA) is 55.1 Å². The Balaban J connectivity index is 2.10. The van der Waals surface area contributed by atoms with Gasteiger partial charge >= 0.3 is 0 Å². The maximum atomic E-state index is 12.2. The van der Waals surface area contributed by atoms with E-state index in [0.717, 1.165) is 11.1 Å². The van der Waals surface area contributed by atoms with E-state index in [1.165, 1.54) is 11.3 Å². The maximum Gasteiger partial charge on any atom is 0.263 e. The number of carbonyl (C=O) groups excluding carboxylic acids is 1. The fourth-order valence-corrected chi connectivity index (χ4v) is 3.10. The first-order valence-electron chi connectivity index (χ1n) is 5.81. The summed E-state index contributed by atoms with van der Waals surface area (Å²) in [5.41, 5.74) is 7.20. The highest BCUT2D eigenvalue weighted by Crippen LogP contribution is 2.19. The molecule has 98 valence electrons. The predicted molar refractivity (Wildman–Crippen MR) is 80.5 cm³/mol. The smallest absolute Gasteiger partial charge is 0.263 e. The molecule has 3 nitrogen and oxygen atoms in total. The summed E-state index contributed by atoms with van der Waals surface area (Å²) in [6.07, 6.45) is 0. The van der Waals surface area contributed by atoms with Gasteiger partial charge in [-0.1, -0.05) is 11.8 Å². The number of thiophene rings is 2. The molecule has 0 aromatic carbocycles. The van der Waals surface area contributed by atoms with Gasteiger partial charge in [-0.25, -0.2) is 0 Å². The van der Waals surface area contributed by atoms with Gasteiger partial charge in [-0.2, -0.15) is 11.3 Å². The van der Waals surface area contributed by atoms with Crippen LogP contribution in [0.5, 0.6) is 0 Å². The molecule has 5 heteroatoms. The number of hydrogen-bond acceptors (Lipinski definition) is 4. The van der Waals surface area contributed by atoms with Crippen LogP contribution >= 0.6 is 22.7 Å². The summed E-state index contributed by atoms with van der Waals surface area (Å²) in [7, 11) is 0. The van der Waals surface area contributed by atoms with Gasteiger partial charge in [0.05, 0.1) is 12.6 Å². The van der Waals surface area contributed by atoms with Crippen molar-refractivity contribution < 1.29 is 4.79 Å². The monoisotopic (exact) mass is 290 g/mol. The lowest BCUT2D eigenvalue weighted by atomic mass is 10.1. The van der Waals surface area contributed by atoms with Crippen molar-refractivity contribution in [2.45, 2.75) is 13.0 Å². The normalized spacial score (nSPS) is 11.5. The molecule has 0 fully saturated rings. The number of hydrogen-bond donors (Lipinski definition) is 2. The van der Waals surface area contributed by atoms with Gasteiger partial charge in [0.1, 0.15) is 4.88 Å². The van der Waals surface area contributed by atoms with Crippen LogP contribution in [0.15, 0.2) is 28.3 Å². The van der Waals surface area contributed by atoms with Crippen LogP contribution < -0.4 is 11.1 Å². The summed E-state index contributed by atoms with van der Waals surface area (Å²) in [6.45, 7) is 2.26. The van der Waals surface area contributed by atoms with Gasteiger partial charge in [-0.15, -0.1) is 11.3 Å². The highest BCUT2D eigenvalue weighted by molar-refractivity contribution is 7.12. The van der Waals surface area contributed by atoms with Crippen LogP contribution in [0.3, 0.4) is 0 Å². The molecule has 2 aromatic heterocycles. The van der Waals surface area contributed by atoms with E-state index in [-0.39, 0.29) is 11.9 Å². The largest absolute Gasteiger partial charge is 0.345 e. The Labute approximate surface area is 120 Å². The lowest BCUT2D eigenvalue weighted by Crippen LogP contribution is -2.26. The molecule has 0 radical (unpaired) electrons.